The first kappa shape index (κ1) is 17.0. The molecule has 0 bridgehead atoms. The van der Waals surface area contributed by atoms with E-state index in [1.54, 1.807) is 0 Å². The molecule has 0 radical (unpaired) electrons. The summed E-state index contributed by atoms with van der Waals surface area (Å²) in [6.07, 6.45) is 0.235. The Morgan fingerprint density at radius 3 is 2.50 bits per heavy atom. The zero-order chi connectivity index (χ0) is 15.0. The molecule has 0 aliphatic rings. The molecule has 4 nitrogen and oxygen atoms in total. The molecule has 1 atom stereocenters. The summed E-state index contributed by atoms with van der Waals surface area (Å²) in [5, 5.41) is 0. The molecule has 0 spiro atoms. The fourth-order valence-corrected chi connectivity index (χ4v) is 1.82. The predicted molar refractivity (Wildman–Crippen MR) is 81.0 cm³/mol. The number of benzene rings is 1. The van der Waals surface area contributed by atoms with Crippen LogP contribution in [0.1, 0.15) is 44.9 Å². The van der Waals surface area contributed by atoms with Gasteiger partial charge in [0, 0.05) is 11.6 Å². The van der Waals surface area contributed by atoms with Gasteiger partial charge in [0.15, 0.2) is 0 Å². The van der Waals surface area contributed by atoms with Gasteiger partial charge in [-0.15, -0.1) is 0 Å². The minimum absolute atomic E-state index is 0.00806. The average molecular weight is 281 g/mol. The third-order valence-electron chi connectivity index (χ3n) is 2.85. The van der Waals surface area contributed by atoms with Crippen LogP contribution in [0.5, 0.6) is 5.75 Å². The van der Waals surface area contributed by atoms with Crippen LogP contribution >= 0.6 is 0 Å². The van der Waals surface area contributed by atoms with Crippen LogP contribution in [0.25, 0.3) is 0 Å². The Morgan fingerprint density at radius 2 is 1.90 bits per heavy atom. The summed E-state index contributed by atoms with van der Waals surface area (Å²) in [5.74, 6) is 0.863. The molecule has 0 fully saturated rings. The molecule has 0 aliphatic carbocycles. The number of hydrogen-bond donors (Lipinski definition) is 1. The first-order chi connectivity index (χ1) is 9.54. The third-order valence-corrected chi connectivity index (χ3v) is 2.85. The first-order valence-electron chi connectivity index (χ1n) is 7.25. The van der Waals surface area contributed by atoms with Gasteiger partial charge in [0.1, 0.15) is 5.75 Å². The summed E-state index contributed by atoms with van der Waals surface area (Å²) in [6.45, 7) is 10.3. The van der Waals surface area contributed by atoms with Gasteiger partial charge in [-0.1, -0.05) is 6.07 Å². The Morgan fingerprint density at radius 1 is 1.15 bits per heavy atom. The van der Waals surface area contributed by atoms with Crippen molar-refractivity contribution in [2.45, 2.75) is 46.4 Å². The van der Waals surface area contributed by atoms with Crippen molar-refractivity contribution in [1.29, 1.82) is 0 Å². The minimum Gasteiger partial charge on any atom is -0.494 e. The van der Waals surface area contributed by atoms with Crippen LogP contribution < -0.4 is 10.5 Å². The highest BCUT2D eigenvalue weighted by Gasteiger charge is 2.08. The van der Waals surface area contributed by atoms with Gasteiger partial charge < -0.3 is 19.9 Å². The van der Waals surface area contributed by atoms with Crippen molar-refractivity contribution in [2.24, 2.45) is 5.73 Å². The number of ether oxygens (including phenoxy) is 3. The van der Waals surface area contributed by atoms with E-state index in [4.69, 9.17) is 19.9 Å². The van der Waals surface area contributed by atoms with Crippen molar-refractivity contribution in [3.8, 4) is 5.75 Å². The van der Waals surface area contributed by atoms with E-state index in [0.29, 0.717) is 26.4 Å². The first-order valence-corrected chi connectivity index (χ1v) is 7.25. The lowest BCUT2D eigenvalue weighted by Gasteiger charge is -2.14. The van der Waals surface area contributed by atoms with Crippen LogP contribution in [0.3, 0.4) is 0 Å². The van der Waals surface area contributed by atoms with E-state index in [1.165, 1.54) is 0 Å². The van der Waals surface area contributed by atoms with E-state index in [2.05, 4.69) is 6.07 Å². The fraction of sp³-hybridized carbons (Fsp3) is 0.625. The van der Waals surface area contributed by atoms with Crippen LogP contribution in [0.15, 0.2) is 18.2 Å². The van der Waals surface area contributed by atoms with Crippen molar-refractivity contribution in [3.05, 3.63) is 29.3 Å². The molecule has 0 aliphatic heterocycles. The zero-order valence-corrected chi connectivity index (χ0v) is 13.0. The monoisotopic (exact) mass is 281 g/mol. The lowest BCUT2D eigenvalue weighted by atomic mass is 10.1. The van der Waals surface area contributed by atoms with Gasteiger partial charge in [-0.05, 0) is 45.4 Å². The summed E-state index contributed by atoms with van der Waals surface area (Å²) in [7, 11) is 0. The van der Waals surface area contributed by atoms with Crippen molar-refractivity contribution in [2.75, 3.05) is 19.8 Å². The Hall–Kier alpha value is -1.10. The number of hydrogen-bond acceptors (Lipinski definition) is 4. The molecule has 20 heavy (non-hydrogen) atoms. The molecular weight excluding hydrogens is 254 g/mol. The van der Waals surface area contributed by atoms with E-state index >= 15 is 0 Å². The molecule has 0 heterocycles. The molecule has 1 aromatic carbocycles. The van der Waals surface area contributed by atoms with Crippen molar-refractivity contribution < 1.29 is 14.2 Å². The van der Waals surface area contributed by atoms with Crippen molar-refractivity contribution in [3.63, 3.8) is 0 Å². The highest BCUT2D eigenvalue weighted by molar-refractivity contribution is 5.38. The van der Waals surface area contributed by atoms with Crippen LogP contribution in [-0.4, -0.2) is 25.9 Å². The summed E-state index contributed by atoms with van der Waals surface area (Å²) in [5.41, 5.74) is 8.04. The minimum atomic E-state index is 0.00806. The predicted octanol–water partition coefficient (Wildman–Crippen LogP) is 3.05. The van der Waals surface area contributed by atoms with E-state index < -0.39 is 0 Å². The SMILES string of the molecule is CCOc1ccc(C(C)N)cc1COCCOC(C)C. The lowest BCUT2D eigenvalue weighted by molar-refractivity contribution is 0.0138. The van der Waals surface area contributed by atoms with Crippen LogP contribution in [0.2, 0.25) is 0 Å². The summed E-state index contributed by atoms with van der Waals surface area (Å²) < 4.78 is 16.7. The van der Waals surface area contributed by atoms with Gasteiger partial charge >= 0.3 is 0 Å². The second kappa shape index (κ2) is 8.95. The molecule has 0 amide bonds. The van der Waals surface area contributed by atoms with E-state index in [-0.39, 0.29) is 12.1 Å². The van der Waals surface area contributed by atoms with Crippen LogP contribution in [0, 0.1) is 0 Å². The van der Waals surface area contributed by atoms with Gasteiger partial charge in [-0.3, -0.25) is 0 Å². The lowest BCUT2D eigenvalue weighted by Crippen LogP contribution is -2.10. The maximum atomic E-state index is 5.91. The number of nitrogens with two attached hydrogens (primary N) is 1. The fourth-order valence-electron chi connectivity index (χ4n) is 1.82. The zero-order valence-electron chi connectivity index (χ0n) is 13.0. The van der Waals surface area contributed by atoms with Gasteiger partial charge in [0.25, 0.3) is 0 Å². The van der Waals surface area contributed by atoms with E-state index in [9.17, 15) is 0 Å². The standard InChI is InChI=1S/C16H27NO3/c1-5-19-16-7-6-14(13(4)17)10-15(16)11-18-8-9-20-12(2)3/h6-7,10,12-13H,5,8-9,11,17H2,1-4H3. The summed E-state index contributed by atoms with van der Waals surface area (Å²) in [4.78, 5) is 0. The van der Waals surface area contributed by atoms with E-state index in [0.717, 1.165) is 16.9 Å². The third kappa shape index (κ3) is 5.90. The van der Waals surface area contributed by atoms with Crippen molar-refractivity contribution in [1.82, 2.24) is 0 Å². The van der Waals surface area contributed by atoms with Crippen LogP contribution in [0.4, 0.5) is 0 Å². The molecule has 0 aromatic heterocycles. The van der Waals surface area contributed by atoms with Gasteiger partial charge in [0.05, 0.1) is 32.5 Å². The Balaban J connectivity index is 2.58. The summed E-state index contributed by atoms with van der Waals surface area (Å²) >= 11 is 0. The topological polar surface area (TPSA) is 53.7 Å². The Labute approximate surface area is 122 Å². The second-order valence-electron chi connectivity index (χ2n) is 5.06. The number of rotatable bonds is 9. The van der Waals surface area contributed by atoms with Crippen LogP contribution in [-0.2, 0) is 16.1 Å². The van der Waals surface area contributed by atoms with Gasteiger partial charge in [0.2, 0.25) is 0 Å². The smallest absolute Gasteiger partial charge is 0.124 e. The summed E-state index contributed by atoms with van der Waals surface area (Å²) in [6, 6.07) is 6.03. The average Bonchev–Trinajstić information content (AvgIpc) is 2.39. The maximum absolute atomic E-state index is 5.91. The highest BCUT2D eigenvalue weighted by Crippen LogP contribution is 2.23. The highest BCUT2D eigenvalue weighted by atomic mass is 16.5. The largest absolute Gasteiger partial charge is 0.494 e. The molecule has 1 unspecified atom stereocenters. The normalized spacial score (nSPS) is 12.7. The quantitative estimate of drug-likeness (QED) is 0.707. The molecule has 2 N–H and O–H groups in total. The van der Waals surface area contributed by atoms with Crippen molar-refractivity contribution >= 4 is 0 Å². The maximum Gasteiger partial charge on any atom is 0.124 e. The molecule has 4 heteroatoms. The Kier molecular flexibility index (Phi) is 7.59. The molecule has 1 aromatic rings. The van der Waals surface area contributed by atoms with Gasteiger partial charge in [-0.2, -0.15) is 0 Å². The van der Waals surface area contributed by atoms with E-state index in [1.807, 2.05) is 39.8 Å². The Bertz CT molecular complexity index is 391. The molecule has 0 saturated heterocycles. The molecule has 0 saturated carbocycles. The molecule has 114 valence electrons. The van der Waals surface area contributed by atoms with Gasteiger partial charge in [-0.25, -0.2) is 0 Å². The molecular formula is C16H27NO3. The second-order valence-corrected chi connectivity index (χ2v) is 5.06. The molecule has 1 rings (SSSR count).